The van der Waals surface area contributed by atoms with Gasteiger partial charge in [-0.3, -0.25) is 0 Å². The number of hydrogen-bond donors (Lipinski definition) is 0. The summed E-state index contributed by atoms with van der Waals surface area (Å²) in [5.74, 6) is 0. The minimum Gasteiger partial charge on any atom is -0.0622 e. The van der Waals surface area contributed by atoms with Crippen molar-refractivity contribution in [3.05, 3.63) is 47.0 Å². The maximum Gasteiger partial charge on any atom is 0.280 e. The summed E-state index contributed by atoms with van der Waals surface area (Å²) < 4.78 is 0. The molecule has 0 N–H and O–H groups in total. The molecule has 0 atom stereocenters. The lowest BCUT2D eigenvalue weighted by Crippen LogP contribution is -1.83. The molecule has 1 aromatic carbocycles. The van der Waals surface area contributed by atoms with Crippen LogP contribution in [0.2, 0.25) is 0 Å². The topological polar surface area (TPSA) is 14.1 Å². The van der Waals surface area contributed by atoms with Gasteiger partial charge >= 0.3 is 0 Å². The number of allylic oxidation sites excluding steroid dienone is 1. The fourth-order valence-electron chi connectivity index (χ4n) is 1.13. The van der Waals surface area contributed by atoms with Crippen LogP contribution in [0.3, 0.4) is 0 Å². The lowest BCUT2D eigenvalue weighted by atomic mass is 10.1. The maximum absolute atomic E-state index is 4.04. The molecule has 1 aliphatic rings. The first-order chi connectivity index (χ1) is 5.95. The zero-order valence-corrected chi connectivity index (χ0v) is 7.42. The standard InChI is InChI=1S/C10H9NS/c1-2-4-9(5-3-1)6-10-7-11-8-12-10/h1-5,7-8H,6H2/q+1. The van der Waals surface area contributed by atoms with Crippen molar-refractivity contribution in [2.75, 3.05) is 0 Å². The average molecular weight is 175 g/mol. The Morgan fingerprint density at radius 3 is 2.67 bits per heavy atom. The van der Waals surface area contributed by atoms with Crippen molar-refractivity contribution in [1.29, 1.82) is 0 Å². The number of thioether (sulfide) groups is 1. The Morgan fingerprint density at radius 1 is 1.17 bits per heavy atom. The Morgan fingerprint density at radius 2 is 2.00 bits per heavy atom. The lowest BCUT2D eigenvalue weighted by Gasteiger charge is -1.96. The van der Waals surface area contributed by atoms with E-state index in [4.69, 9.17) is 0 Å². The fraction of sp³-hybridized carbons (Fsp3) is 0.100. The third-order valence-corrected chi connectivity index (χ3v) is 2.48. The van der Waals surface area contributed by atoms with Crippen LogP contribution in [0.25, 0.3) is 0 Å². The molecular weight excluding hydrogens is 166 g/mol. The molecule has 1 radical (unpaired) electrons. The van der Waals surface area contributed by atoms with Gasteiger partial charge in [0.15, 0.2) is 0 Å². The van der Waals surface area contributed by atoms with Crippen molar-refractivity contribution < 1.29 is 0 Å². The monoisotopic (exact) mass is 175 g/mol. The highest BCUT2D eigenvalue weighted by Gasteiger charge is 2.10. The van der Waals surface area contributed by atoms with Crippen LogP contribution >= 0.6 is 11.8 Å². The van der Waals surface area contributed by atoms with E-state index >= 15 is 0 Å². The number of benzene rings is 1. The molecule has 1 aromatic rings. The fourth-order valence-corrected chi connectivity index (χ4v) is 1.76. The Hall–Kier alpha value is -1.02. The zero-order chi connectivity index (χ0) is 8.23. The van der Waals surface area contributed by atoms with Crippen LogP contribution in [-0.4, -0.2) is 5.55 Å². The van der Waals surface area contributed by atoms with Gasteiger partial charge in [0.1, 0.15) is 0 Å². The molecule has 0 spiro atoms. The van der Waals surface area contributed by atoms with Gasteiger partial charge in [0.25, 0.3) is 11.7 Å². The largest absolute Gasteiger partial charge is 0.280 e. The van der Waals surface area contributed by atoms with Crippen molar-refractivity contribution in [1.82, 2.24) is 4.99 Å². The van der Waals surface area contributed by atoms with Gasteiger partial charge in [0, 0.05) is 6.42 Å². The zero-order valence-electron chi connectivity index (χ0n) is 6.60. The Balaban J connectivity index is 2.05. The summed E-state index contributed by atoms with van der Waals surface area (Å²) in [5.41, 5.74) is 3.22. The van der Waals surface area contributed by atoms with Crippen molar-refractivity contribution in [2.45, 2.75) is 6.42 Å². The van der Waals surface area contributed by atoms with Crippen LogP contribution < -0.4 is 4.99 Å². The second-order valence-electron chi connectivity index (χ2n) is 2.63. The van der Waals surface area contributed by atoms with E-state index in [-0.39, 0.29) is 0 Å². The predicted octanol–water partition coefficient (Wildman–Crippen LogP) is 2.18. The Bertz CT molecular complexity index is 314. The number of nitrogens with zero attached hydrogens (tertiary/aromatic N) is 1. The van der Waals surface area contributed by atoms with Crippen molar-refractivity contribution in [2.24, 2.45) is 0 Å². The second kappa shape index (κ2) is 3.59. The molecule has 0 saturated heterocycles. The third kappa shape index (κ3) is 1.77. The van der Waals surface area contributed by atoms with Crippen LogP contribution in [0.4, 0.5) is 0 Å². The number of rotatable bonds is 2. The van der Waals surface area contributed by atoms with Crippen LogP contribution in [0.1, 0.15) is 5.56 Å². The van der Waals surface area contributed by atoms with Gasteiger partial charge < -0.3 is 0 Å². The molecule has 0 aromatic heterocycles. The molecule has 0 aliphatic carbocycles. The molecular formula is C10H9NS+. The predicted molar refractivity (Wildman–Crippen MR) is 54.0 cm³/mol. The highest BCUT2D eigenvalue weighted by molar-refractivity contribution is 8.15. The molecule has 0 fully saturated rings. The highest BCUT2D eigenvalue weighted by Crippen LogP contribution is 2.19. The van der Waals surface area contributed by atoms with Crippen molar-refractivity contribution >= 4 is 17.3 Å². The first kappa shape index (κ1) is 7.62. The third-order valence-electron chi connectivity index (χ3n) is 1.70. The normalized spacial score (nSPS) is 14.8. The second-order valence-corrected chi connectivity index (χ2v) is 3.60. The molecule has 0 unspecified atom stereocenters. The highest BCUT2D eigenvalue weighted by atomic mass is 32.2. The van der Waals surface area contributed by atoms with Crippen LogP contribution in [-0.2, 0) is 6.42 Å². The van der Waals surface area contributed by atoms with Gasteiger partial charge in [-0.05, 0) is 17.3 Å². The lowest BCUT2D eigenvalue weighted by molar-refractivity contribution is 1.22. The van der Waals surface area contributed by atoms with E-state index in [2.05, 4.69) is 29.3 Å². The summed E-state index contributed by atoms with van der Waals surface area (Å²) in [5, 5.41) is 0. The maximum atomic E-state index is 4.04. The van der Waals surface area contributed by atoms with Crippen molar-refractivity contribution in [3.8, 4) is 0 Å². The minimum absolute atomic E-state index is 1.01. The molecule has 1 heterocycles. The Labute approximate surface area is 76.2 Å². The smallest absolute Gasteiger partial charge is 0.0622 e. The molecule has 2 heteroatoms. The summed E-state index contributed by atoms with van der Waals surface area (Å²) in [6.45, 7) is 0. The first-order valence-electron chi connectivity index (χ1n) is 3.86. The summed E-state index contributed by atoms with van der Waals surface area (Å²) in [6.07, 6.45) is 2.93. The summed E-state index contributed by atoms with van der Waals surface area (Å²) in [4.78, 5) is 5.36. The summed E-state index contributed by atoms with van der Waals surface area (Å²) >= 11 is 1.71. The minimum atomic E-state index is 1.01. The van der Waals surface area contributed by atoms with Gasteiger partial charge in [-0.15, -0.1) is 0 Å². The molecule has 0 amide bonds. The number of hydrogen-bond acceptors (Lipinski definition) is 2. The first-order valence-corrected chi connectivity index (χ1v) is 4.74. The van der Waals surface area contributed by atoms with E-state index < -0.39 is 0 Å². The summed E-state index contributed by atoms with van der Waals surface area (Å²) in [7, 11) is 0. The van der Waals surface area contributed by atoms with E-state index in [1.165, 1.54) is 10.5 Å². The van der Waals surface area contributed by atoms with E-state index in [1.54, 1.807) is 11.8 Å². The van der Waals surface area contributed by atoms with E-state index in [1.807, 2.05) is 17.8 Å². The molecule has 0 bridgehead atoms. The molecule has 12 heavy (non-hydrogen) atoms. The van der Waals surface area contributed by atoms with Gasteiger partial charge in [-0.1, -0.05) is 30.3 Å². The van der Waals surface area contributed by atoms with E-state index in [9.17, 15) is 0 Å². The quantitative estimate of drug-likeness (QED) is 0.672. The molecule has 2 rings (SSSR count). The van der Waals surface area contributed by atoms with Crippen LogP contribution in [0, 0.1) is 0 Å². The van der Waals surface area contributed by atoms with Crippen molar-refractivity contribution in [3.63, 3.8) is 0 Å². The van der Waals surface area contributed by atoms with Gasteiger partial charge in [0.2, 0.25) is 0 Å². The Kier molecular flexibility index (Phi) is 2.28. The molecule has 1 aliphatic heterocycles. The number of aliphatic imine (C=N–C) groups is 1. The van der Waals surface area contributed by atoms with Gasteiger partial charge in [-0.2, -0.15) is 0 Å². The molecule has 0 saturated carbocycles. The molecule has 1 nitrogen and oxygen atoms in total. The van der Waals surface area contributed by atoms with E-state index in [0.717, 1.165) is 6.42 Å². The van der Waals surface area contributed by atoms with Gasteiger partial charge in [-0.25, -0.2) is 0 Å². The van der Waals surface area contributed by atoms with E-state index in [0.29, 0.717) is 0 Å². The SMILES string of the molecule is C1=[N+]C=C(Cc2ccccc2)S1. The van der Waals surface area contributed by atoms with Gasteiger partial charge in [0.05, 0.1) is 9.90 Å². The average Bonchev–Trinajstić information content (AvgIpc) is 2.59. The molecule has 59 valence electrons. The summed E-state index contributed by atoms with van der Waals surface area (Å²) in [6, 6.07) is 10.4. The van der Waals surface area contributed by atoms with Crippen LogP contribution in [0.5, 0.6) is 0 Å². The van der Waals surface area contributed by atoms with Crippen LogP contribution in [0.15, 0.2) is 41.4 Å².